The number of carbonyl (C=O) groups is 1. The molecule has 128 valence electrons. The van der Waals surface area contributed by atoms with Crippen molar-refractivity contribution < 1.29 is 14.3 Å². The van der Waals surface area contributed by atoms with Gasteiger partial charge in [-0.05, 0) is 49.7 Å². The van der Waals surface area contributed by atoms with E-state index in [0.717, 1.165) is 5.56 Å². The molecular weight excluding hydrogens is 318 g/mol. The molecule has 0 atom stereocenters. The normalized spacial score (nSPS) is 12.8. The molecule has 2 N–H and O–H groups in total. The fourth-order valence-corrected chi connectivity index (χ4v) is 2.62. The average molecular weight is 337 g/mol. The Labute approximate surface area is 146 Å². The number of fused-ring (bicyclic) bond motifs is 1. The van der Waals surface area contributed by atoms with Crippen LogP contribution in [-0.2, 0) is 5.54 Å². The molecule has 1 heterocycles. The Morgan fingerprint density at radius 1 is 1.12 bits per heavy atom. The second-order valence-corrected chi connectivity index (χ2v) is 6.26. The number of anilines is 1. The monoisotopic (exact) mass is 337 g/mol. The lowest BCUT2D eigenvalue weighted by Gasteiger charge is -2.28. The molecule has 0 saturated heterocycles. The molecule has 2 aromatic carbocycles. The van der Waals surface area contributed by atoms with Crippen molar-refractivity contribution in [3.8, 4) is 17.6 Å². The van der Waals surface area contributed by atoms with Crippen molar-refractivity contribution in [3.63, 3.8) is 0 Å². The zero-order valence-electron chi connectivity index (χ0n) is 14.1. The summed E-state index contributed by atoms with van der Waals surface area (Å²) in [6.07, 6.45) is 0. The summed E-state index contributed by atoms with van der Waals surface area (Å²) in [7, 11) is 0. The van der Waals surface area contributed by atoms with E-state index in [1.165, 1.54) is 0 Å². The van der Waals surface area contributed by atoms with Crippen LogP contribution in [0.1, 0.15) is 25.0 Å². The van der Waals surface area contributed by atoms with Gasteiger partial charge >= 0.3 is 6.03 Å². The topological polar surface area (TPSA) is 83.4 Å². The Morgan fingerprint density at radius 2 is 1.88 bits per heavy atom. The molecule has 0 bridgehead atoms. The highest BCUT2D eigenvalue weighted by atomic mass is 16.6. The highest BCUT2D eigenvalue weighted by Gasteiger charge is 2.25. The van der Waals surface area contributed by atoms with Gasteiger partial charge in [0.15, 0.2) is 11.5 Å². The number of carbonyl (C=O) groups excluding carboxylic acids is 1. The second-order valence-electron chi connectivity index (χ2n) is 6.26. The Kier molecular flexibility index (Phi) is 4.48. The minimum atomic E-state index is -0.618. The molecule has 0 saturated carbocycles. The van der Waals surface area contributed by atoms with Crippen molar-refractivity contribution >= 4 is 11.7 Å². The molecule has 0 radical (unpaired) electrons. The summed E-state index contributed by atoms with van der Waals surface area (Å²) in [5.41, 5.74) is 1.34. The third kappa shape index (κ3) is 3.83. The van der Waals surface area contributed by atoms with Gasteiger partial charge in [-0.3, -0.25) is 0 Å². The van der Waals surface area contributed by atoms with Gasteiger partial charge in [0, 0.05) is 5.69 Å². The molecule has 25 heavy (non-hydrogen) atoms. The Balaban J connectivity index is 1.72. The van der Waals surface area contributed by atoms with Crippen LogP contribution in [-0.4, -0.2) is 19.2 Å². The van der Waals surface area contributed by atoms with Gasteiger partial charge in [0.25, 0.3) is 0 Å². The molecule has 2 aromatic rings. The lowest BCUT2D eigenvalue weighted by molar-refractivity contribution is 0.171. The SMILES string of the molecule is CC(C)(NC(=O)Nc1cccc(C#N)c1)c1ccc2c(c1)OCCO2. The lowest BCUT2D eigenvalue weighted by atomic mass is 9.94. The van der Waals surface area contributed by atoms with Crippen LogP contribution in [0.25, 0.3) is 0 Å². The van der Waals surface area contributed by atoms with Crippen LogP contribution in [0.15, 0.2) is 42.5 Å². The summed E-state index contributed by atoms with van der Waals surface area (Å²) < 4.78 is 11.1. The first-order valence-corrected chi connectivity index (χ1v) is 7.97. The predicted octanol–water partition coefficient (Wildman–Crippen LogP) is 3.39. The maximum absolute atomic E-state index is 12.3. The fraction of sp³-hybridized carbons (Fsp3) is 0.263. The molecule has 3 rings (SSSR count). The van der Waals surface area contributed by atoms with Crippen molar-refractivity contribution in [2.24, 2.45) is 0 Å². The number of nitrogens with zero attached hydrogens (tertiary/aromatic N) is 1. The molecule has 0 fully saturated rings. The van der Waals surface area contributed by atoms with Gasteiger partial charge in [0.05, 0.1) is 17.2 Å². The molecule has 1 aliphatic heterocycles. The number of amides is 2. The van der Waals surface area contributed by atoms with Crippen LogP contribution < -0.4 is 20.1 Å². The zero-order chi connectivity index (χ0) is 17.9. The van der Waals surface area contributed by atoms with Gasteiger partial charge in [0.1, 0.15) is 13.2 Å². The summed E-state index contributed by atoms with van der Waals surface area (Å²) in [5.74, 6) is 1.39. The van der Waals surface area contributed by atoms with Crippen LogP contribution in [0, 0.1) is 11.3 Å². The first-order valence-electron chi connectivity index (χ1n) is 7.97. The third-order valence-corrected chi connectivity index (χ3v) is 3.94. The number of hydrogen-bond acceptors (Lipinski definition) is 4. The van der Waals surface area contributed by atoms with E-state index in [0.29, 0.717) is 36.0 Å². The van der Waals surface area contributed by atoms with Gasteiger partial charge in [-0.25, -0.2) is 4.79 Å². The zero-order valence-corrected chi connectivity index (χ0v) is 14.1. The summed E-state index contributed by atoms with van der Waals surface area (Å²) >= 11 is 0. The number of hydrogen-bond donors (Lipinski definition) is 2. The highest BCUT2D eigenvalue weighted by molar-refractivity contribution is 5.90. The van der Waals surface area contributed by atoms with Crippen molar-refractivity contribution in [1.82, 2.24) is 5.32 Å². The number of urea groups is 1. The Hall–Kier alpha value is -3.20. The first kappa shape index (κ1) is 16.7. The molecule has 6 nitrogen and oxygen atoms in total. The number of rotatable bonds is 3. The summed E-state index contributed by atoms with van der Waals surface area (Å²) in [5, 5.41) is 14.6. The van der Waals surface area contributed by atoms with Crippen molar-refractivity contribution in [2.45, 2.75) is 19.4 Å². The quantitative estimate of drug-likeness (QED) is 0.899. The molecule has 1 aliphatic rings. The molecule has 0 spiro atoms. The van der Waals surface area contributed by atoms with E-state index in [2.05, 4.69) is 10.6 Å². The van der Waals surface area contributed by atoms with Crippen LogP contribution in [0.2, 0.25) is 0 Å². The predicted molar refractivity (Wildman–Crippen MR) is 93.8 cm³/mol. The van der Waals surface area contributed by atoms with E-state index >= 15 is 0 Å². The van der Waals surface area contributed by atoms with Gasteiger partial charge < -0.3 is 20.1 Å². The molecule has 6 heteroatoms. The van der Waals surface area contributed by atoms with Crippen LogP contribution >= 0.6 is 0 Å². The summed E-state index contributed by atoms with van der Waals surface area (Å²) in [4.78, 5) is 12.3. The third-order valence-electron chi connectivity index (χ3n) is 3.94. The van der Waals surface area contributed by atoms with E-state index < -0.39 is 5.54 Å². The number of benzene rings is 2. The molecule has 0 unspecified atom stereocenters. The fourth-order valence-electron chi connectivity index (χ4n) is 2.62. The summed E-state index contributed by atoms with van der Waals surface area (Å²) in [6, 6.07) is 14.1. The van der Waals surface area contributed by atoms with Gasteiger partial charge in [-0.15, -0.1) is 0 Å². The van der Waals surface area contributed by atoms with E-state index in [4.69, 9.17) is 14.7 Å². The molecule has 2 amide bonds. The minimum absolute atomic E-state index is 0.352. The maximum atomic E-state index is 12.3. The largest absolute Gasteiger partial charge is 0.486 e. The van der Waals surface area contributed by atoms with E-state index in [9.17, 15) is 4.79 Å². The van der Waals surface area contributed by atoms with Crippen LogP contribution in [0.4, 0.5) is 10.5 Å². The van der Waals surface area contributed by atoms with E-state index in [1.807, 2.05) is 38.1 Å². The summed E-state index contributed by atoms with van der Waals surface area (Å²) in [6.45, 7) is 4.87. The Bertz CT molecular complexity index is 840. The highest BCUT2D eigenvalue weighted by Crippen LogP contribution is 2.34. The minimum Gasteiger partial charge on any atom is -0.486 e. The maximum Gasteiger partial charge on any atom is 0.319 e. The average Bonchev–Trinajstić information content (AvgIpc) is 2.61. The number of nitrogens with one attached hydrogen (secondary N) is 2. The number of ether oxygens (including phenoxy) is 2. The van der Waals surface area contributed by atoms with Crippen molar-refractivity contribution in [3.05, 3.63) is 53.6 Å². The second kappa shape index (κ2) is 6.73. The lowest BCUT2D eigenvalue weighted by Crippen LogP contribution is -2.43. The molecule has 0 aliphatic carbocycles. The first-order chi connectivity index (χ1) is 12.0. The smallest absolute Gasteiger partial charge is 0.319 e. The number of nitriles is 1. The standard InChI is InChI=1S/C19H19N3O3/c1-19(2,14-6-7-16-17(11-14)25-9-8-24-16)22-18(23)21-15-5-3-4-13(10-15)12-20/h3-7,10-11H,8-9H2,1-2H3,(H2,21,22,23). The van der Waals surface area contributed by atoms with Crippen molar-refractivity contribution in [1.29, 1.82) is 5.26 Å². The van der Waals surface area contributed by atoms with Crippen molar-refractivity contribution in [2.75, 3.05) is 18.5 Å². The van der Waals surface area contributed by atoms with Crippen LogP contribution in [0.5, 0.6) is 11.5 Å². The van der Waals surface area contributed by atoms with E-state index in [1.54, 1.807) is 24.3 Å². The van der Waals surface area contributed by atoms with Gasteiger partial charge in [0.2, 0.25) is 0 Å². The Morgan fingerprint density at radius 3 is 2.64 bits per heavy atom. The molecule has 0 aromatic heterocycles. The van der Waals surface area contributed by atoms with Gasteiger partial charge in [-0.1, -0.05) is 12.1 Å². The van der Waals surface area contributed by atoms with E-state index in [-0.39, 0.29) is 6.03 Å². The van der Waals surface area contributed by atoms with Gasteiger partial charge in [-0.2, -0.15) is 5.26 Å². The molecular formula is C19H19N3O3. The van der Waals surface area contributed by atoms with Crippen LogP contribution in [0.3, 0.4) is 0 Å².